The fourth-order valence-corrected chi connectivity index (χ4v) is 5.42. The van der Waals surface area contributed by atoms with Crippen LogP contribution in [0.25, 0.3) is 22.3 Å². The maximum absolute atomic E-state index is 15.0. The predicted molar refractivity (Wildman–Crippen MR) is 138 cm³/mol. The Labute approximate surface area is 244 Å². The summed E-state index contributed by atoms with van der Waals surface area (Å²) in [5.41, 5.74) is 3.89. The molecule has 0 radical (unpaired) electrons. The Hall–Kier alpha value is -2.82. The topological polar surface area (TPSA) is 174 Å². The number of fused-ring (bicyclic) bond motifs is 2. The number of aromatic nitrogens is 8. The summed E-state index contributed by atoms with van der Waals surface area (Å²) in [5, 5.41) is 19.3. The molecule has 4 aromatic heterocycles. The van der Waals surface area contributed by atoms with Gasteiger partial charge in [0.1, 0.15) is 24.1 Å². The van der Waals surface area contributed by atoms with Gasteiger partial charge in [-0.15, -0.1) is 0 Å². The van der Waals surface area contributed by atoms with Crippen molar-refractivity contribution in [3.8, 4) is 0 Å². The first-order valence-corrected chi connectivity index (χ1v) is 13.1. The summed E-state index contributed by atoms with van der Waals surface area (Å²) in [6, 6.07) is 0. The number of aromatic amines is 1. The highest BCUT2D eigenvalue weighted by atomic mass is 35.5. The van der Waals surface area contributed by atoms with E-state index in [1.54, 1.807) is 11.5 Å². The first-order valence-electron chi connectivity index (χ1n) is 12.7. The minimum Gasteiger partial charge on any atom is -1.00 e. The molecule has 6 rings (SSSR count). The van der Waals surface area contributed by atoms with E-state index >= 15 is 4.39 Å². The lowest BCUT2D eigenvalue weighted by Crippen LogP contribution is -3.00. The van der Waals surface area contributed by atoms with Gasteiger partial charge in [-0.05, 0) is 20.3 Å². The Kier molecular flexibility index (Phi) is 8.70. The molecule has 8 atom stereocenters. The molecule has 17 heteroatoms. The number of hydrogen-bond donors (Lipinski definition) is 4. The Morgan fingerprint density at radius 1 is 1.12 bits per heavy atom. The average Bonchev–Trinajstić information content (AvgIpc) is 3.65. The smallest absolute Gasteiger partial charge is 0.309 e. The lowest BCUT2D eigenvalue weighted by molar-refractivity contribution is -0.749. The van der Waals surface area contributed by atoms with Gasteiger partial charge in [0.05, 0.1) is 19.0 Å². The van der Waals surface area contributed by atoms with E-state index in [0.29, 0.717) is 22.3 Å². The fraction of sp³-hybridized carbons (Fsp3) is 0.583. The second-order valence-corrected chi connectivity index (χ2v) is 10.7. The summed E-state index contributed by atoms with van der Waals surface area (Å²) in [7, 11) is 0. The van der Waals surface area contributed by atoms with Crippen molar-refractivity contribution in [1.29, 1.82) is 0 Å². The minimum absolute atomic E-state index is 0. The lowest BCUT2D eigenvalue weighted by Gasteiger charge is -2.25. The zero-order valence-corrected chi connectivity index (χ0v) is 24.1. The van der Waals surface area contributed by atoms with E-state index in [1.807, 2.05) is 13.8 Å². The van der Waals surface area contributed by atoms with Crippen LogP contribution in [0, 0.1) is 5.92 Å². The van der Waals surface area contributed by atoms with Crippen molar-refractivity contribution in [3.63, 3.8) is 0 Å². The Morgan fingerprint density at radius 2 is 1.83 bits per heavy atom. The van der Waals surface area contributed by atoms with E-state index in [2.05, 4.69) is 29.9 Å². The number of aliphatic hydroxyl groups excluding tert-OH is 2. The second-order valence-electron chi connectivity index (χ2n) is 10.3. The maximum atomic E-state index is 15.0. The maximum Gasteiger partial charge on any atom is 0.309 e. The largest absolute Gasteiger partial charge is 1.00 e. The molecular formula is C24H31Cl2F2N9O4. The highest BCUT2D eigenvalue weighted by Crippen LogP contribution is 2.47. The summed E-state index contributed by atoms with van der Waals surface area (Å²) in [4.78, 5) is 22.9. The summed E-state index contributed by atoms with van der Waals surface area (Å²) < 4.78 is 44.0. The molecule has 4 aromatic rings. The van der Waals surface area contributed by atoms with E-state index in [1.165, 1.54) is 36.8 Å². The normalized spacial score (nSPS) is 33.1. The molecule has 0 spiro atoms. The summed E-state index contributed by atoms with van der Waals surface area (Å²) in [6.45, 7) is 6.16. The number of rotatable bonds is 4. The summed E-state index contributed by atoms with van der Waals surface area (Å²) in [6.07, 6.45) is 1.89. The van der Waals surface area contributed by atoms with Gasteiger partial charge in [-0.25, -0.2) is 28.3 Å². The Bertz CT molecular complexity index is 1410. The fourth-order valence-electron chi connectivity index (χ4n) is 5.25. The summed E-state index contributed by atoms with van der Waals surface area (Å²) >= 11 is 5.97. The van der Waals surface area contributed by atoms with Gasteiger partial charge in [-0.2, -0.15) is 4.98 Å². The van der Waals surface area contributed by atoms with Gasteiger partial charge >= 0.3 is 5.65 Å². The third kappa shape index (κ3) is 5.08. The number of nitrogens with one attached hydrogen (secondary N) is 1. The molecule has 41 heavy (non-hydrogen) atoms. The molecule has 6 heterocycles. The van der Waals surface area contributed by atoms with Gasteiger partial charge in [0.15, 0.2) is 46.8 Å². The van der Waals surface area contributed by atoms with Crippen LogP contribution in [0.1, 0.15) is 46.6 Å². The number of nitrogens with two attached hydrogens (primary N) is 1. The quantitative estimate of drug-likeness (QED) is 0.164. The van der Waals surface area contributed by atoms with Crippen LogP contribution >= 0.6 is 11.6 Å². The van der Waals surface area contributed by atoms with Crippen LogP contribution < -0.4 is 22.7 Å². The Morgan fingerprint density at radius 3 is 2.46 bits per heavy atom. The average molecular weight is 618 g/mol. The number of hydrogen-bond acceptors (Lipinski definition) is 10. The first-order chi connectivity index (χ1) is 18.9. The molecule has 2 aliphatic rings. The van der Waals surface area contributed by atoms with Crippen molar-refractivity contribution < 1.29 is 45.4 Å². The number of nitrogen functional groups attached to an aromatic ring is 1. The highest BCUT2D eigenvalue weighted by molar-refractivity contribution is 6.33. The molecular weight excluding hydrogens is 587 g/mol. The van der Waals surface area contributed by atoms with E-state index in [-0.39, 0.29) is 35.4 Å². The molecule has 5 N–H and O–H groups in total. The van der Waals surface area contributed by atoms with E-state index in [0.717, 1.165) is 6.42 Å². The van der Waals surface area contributed by atoms with Crippen molar-refractivity contribution in [2.75, 3.05) is 12.3 Å². The molecule has 0 aliphatic carbocycles. The third-order valence-electron chi connectivity index (χ3n) is 7.80. The number of aliphatic hydroxyl groups is 2. The van der Waals surface area contributed by atoms with Gasteiger partial charge in [0.2, 0.25) is 11.7 Å². The van der Waals surface area contributed by atoms with Crippen LogP contribution in [-0.2, 0) is 9.47 Å². The minimum atomic E-state index is -2.08. The zero-order valence-electron chi connectivity index (χ0n) is 22.6. The highest BCUT2D eigenvalue weighted by Gasteiger charge is 2.57. The number of alkyl halides is 2. The van der Waals surface area contributed by atoms with Crippen LogP contribution in [-0.4, -0.2) is 80.9 Å². The molecule has 0 saturated carbocycles. The van der Waals surface area contributed by atoms with Crippen molar-refractivity contribution in [2.45, 2.75) is 76.2 Å². The molecule has 2 fully saturated rings. The second kappa shape index (κ2) is 11.5. The number of nitrogens with zero attached hydrogens (tertiary/aromatic N) is 7. The van der Waals surface area contributed by atoms with Gasteiger partial charge in [0, 0.05) is 5.92 Å². The standard InChI is InChI=1S/C13H16ClFN4O.C11H14FN5O3.ClH/c1-4-8-7(2)13(3,15)12(20-8)19-6-18-9-10(14)16-5-17-11(9)19;1-11(12)7(19)5(2-18)20-10(11)17-4-16-6-8(13)14-3-15-9(6)17;/h5-8,12H,4H2,1-3H3;3-5,7,10,18-19H,2H2,1H3,(H2,13,14,15);1H/t7-,8+,12+,13?;5-,7+,10-,11?;/m01./s1. The van der Waals surface area contributed by atoms with Crippen LogP contribution in [0.15, 0.2) is 25.3 Å². The van der Waals surface area contributed by atoms with E-state index in [4.69, 9.17) is 31.9 Å². The molecule has 2 aliphatic heterocycles. The van der Waals surface area contributed by atoms with E-state index in [9.17, 15) is 9.50 Å². The number of anilines is 1. The molecule has 0 bridgehead atoms. The van der Waals surface area contributed by atoms with Crippen molar-refractivity contribution in [1.82, 2.24) is 34.5 Å². The number of H-pyrrole nitrogens is 1. The number of imidazole rings is 2. The predicted octanol–water partition coefficient (Wildman–Crippen LogP) is -1.04. The molecule has 224 valence electrons. The van der Waals surface area contributed by atoms with Gasteiger partial charge in [-0.3, -0.25) is 9.55 Å². The monoisotopic (exact) mass is 617 g/mol. The molecule has 13 nitrogen and oxygen atoms in total. The van der Waals surface area contributed by atoms with Crippen LogP contribution in [0.4, 0.5) is 14.6 Å². The van der Waals surface area contributed by atoms with E-state index < -0.39 is 42.6 Å². The van der Waals surface area contributed by atoms with Crippen LogP contribution in [0.5, 0.6) is 0 Å². The summed E-state index contributed by atoms with van der Waals surface area (Å²) in [5.74, 6) is 0.0267. The number of ether oxygens (including phenoxy) is 2. The SMILES string of the molecule is CC1(F)[C@@H](O)[C@@H](CO)O[C@H]1[n+]1c[nH]c2c(N)ncnc21.CC[C@H]1O[C@@H](n2cnc3c(Cl)ncnc32)C(C)(F)[C@H]1C.[Cl-]. The third-order valence-corrected chi connectivity index (χ3v) is 8.08. The Balaban J connectivity index is 0.000000184. The molecule has 2 saturated heterocycles. The lowest BCUT2D eigenvalue weighted by atomic mass is 9.88. The van der Waals surface area contributed by atoms with Crippen molar-refractivity contribution in [3.05, 3.63) is 30.5 Å². The van der Waals surface area contributed by atoms with Crippen molar-refractivity contribution in [2.24, 2.45) is 5.92 Å². The zero-order chi connectivity index (χ0) is 29.0. The van der Waals surface area contributed by atoms with Crippen molar-refractivity contribution >= 4 is 39.7 Å². The first kappa shape index (κ1) is 31.1. The van der Waals surface area contributed by atoms with Crippen LogP contribution in [0.3, 0.4) is 0 Å². The van der Waals surface area contributed by atoms with Gasteiger partial charge in [-0.1, -0.05) is 30.4 Å². The molecule has 0 aromatic carbocycles. The molecule has 2 unspecified atom stereocenters. The number of halogens is 4. The molecule has 0 amide bonds. The van der Waals surface area contributed by atoms with Gasteiger partial charge in [0.25, 0.3) is 0 Å². The van der Waals surface area contributed by atoms with Gasteiger partial charge < -0.3 is 37.8 Å². The van der Waals surface area contributed by atoms with Crippen LogP contribution in [0.2, 0.25) is 5.15 Å².